The van der Waals surface area contributed by atoms with Gasteiger partial charge in [-0.05, 0) is 54.5 Å². The molecule has 3 amide bonds. The number of rotatable bonds is 6. The number of hydrogen-bond donors (Lipinski definition) is 3. The summed E-state index contributed by atoms with van der Waals surface area (Å²) in [7, 11) is 1.50. The third-order valence-corrected chi connectivity index (χ3v) is 6.37. The van der Waals surface area contributed by atoms with Crippen LogP contribution in [0.1, 0.15) is 35.4 Å². The zero-order chi connectivity index (χ0) is 23.6. The standard InChI is InChI=1S/C23H25N3O5S.Na.H/c1-12-6-5-7-13(2)19(12)15-8-17(32-11-15)16(9-18(27)28)24-23(31)25-20-21(29)14(3)10-26(4)22(20)30;;/h5-8,10-11,16,20H,9H2,1-4H3,(H,27,28)(H2,24,25,31);;. The van der Waals surface area contributed by atoms with Gasteiger partial charge in [-0.3, -0.25) is 14.4 Å². The molecule has 33 heavy (non-hydrogen) atoms. The third-order valence-electron chi connectivity index (χ3n) is 5.33. The molecule has 1 aliphatic heterocycles. The summed E-state index contributed by atoms with van der Waals surface area (Å²) in [6.45, 7) is 5.57. The van der Waals surface area contributed by atoms with E-state index in [2.05, 4.69) is 10.6 Å². The fourth-order valence-electron chi connectivity index (χ4n) is 3.75. The first-order valence-corrected chi connectivity index (χ1v) is 10.9. The zero-order valence-electron chi connectivity index (χ0n) is 18.3. The molecule has 0 saturated carbocycles. The maximum absolute atomic E-state index is 12.6. The number of nitrogens with zero attached hydrogens (tertiary/aromatic N) is 1. The number of nitrogens with one attached hydrogen (secondary N) is 2. The molecule has 8 nitrogen and oxygen atoms in total. The molecule has 0 fully saturated rings. The van der Waals surface area contributed by atoms with E-state index in [1.807, 2.05) is 43.5 Å². The molecule has 1 aromatic heterocycles. The molecular weight excluding hydrogens is 453 g/mol. The van der Waals surface area contributed by atoms with Crippen LogP contribution in [0.3, 0.4) is 0 Å². The Kier molecular flexibility index (Phi) is 9.02. The minimum atomic E-state index is -1.34. The molecule has 1 aliphatic rings. The van der Waals surface area contributed by atoms with E-state index in [0.717, 1.165) is 22.3 Å². The van der Waals surface area contributed by atoms with Crippen LogP contribution in [0.4, 0.5) is 4.79 Å². The van der Waals surface area contributed by atoms with Crippen molar-refractivity contribution in [3.05, 3.63) is 57.4 Å². The predicted octanol–water partition coefficient (Wildman–Crippen LogP) is 2.51. The average Bonchev–Trinajstić information content (AvgIpc) is 3.18. The van der Waals surface area contributed by atoms with Gasteiger partial charge in [0.1, 0.15) is 0 Å². The molecule has 0 radical (unpaired) electrons. The van der Waals surface area contributed by atoms with Gasteiger partial charge in [-0.2, -0.15) is 0 Å². The SMILES string of the molecule is CC1=CN(C)C(=O)C(NC(=O)NC(CC(=O)O)c2cc(-c3c(C)cccc3C)cs2)C1=O.[NaH]. The van der Waals surface area contributed by atoms with Crippen molar-refractivity contribution in [1.82, 2.24) is 15.5 Å². The van der Waals surface area contributed by atoms with Gasteiger partial charge < -0.3 is 20.6 Å². The number of thiophene rings is 1. The fraction of sp³-hybridized carbons (Fsp3) is 0.304. The molecule has 2 unspecified atom stereocenters. The molecule has 170 valence electrons. The summed E-state index contributed by atoms with van der Waals surface area (Å²) in [5.41, 5.74) is 4.54. The summed E-state index contributed by atoms with van der Waals surface area (Å²) in [5, 5.41) is 16.3. The van der Waals surface area contributed by atoms with Crippen molar-refractivity contribution in [2.45, 2.75) is 39.3 Å². The molecule has 3 N–H and O–H groups in total. The van der Waals surface area contributed by atoms with Gasteiger partial charge in [0, 0.05) is 23.7 Å². The number of ketones is 1. The average molecular weight is 480 g/mol. The summed E-state index contributed by atoms with van der Waals surface area (Å²) in [6, 6.07) is 4.90. The molecule has 3 rings (SSSR count). The van der Waals surface area contributed by atoms with E-state index in [-0.39, 0.29) is 36.0 Å². The number of carbonyl (C=O) groups excluding carboxylic acids is 3. The molecule has 0 aliphatic carbocycles. The zero-order valence-corrected chi connectivity index (χ0v) is 19.1. The summed E-state index contributed by atoms with van der Waals surface area (Å²) in [6.07, 6.45) is 1.07. The Morgan fingerprint density at radius 1 is 1.18 bits per heavy atom. The quantitative estimate of drug-likeness (QED) is 0.435. The first kappa shape index (κ1) is 26.8. The Morgan fingerprint density at radius 3 is 2.42 bits per heavy atom. The molecule has 1 aromatic carbocycles. The molecular formula is C23H26N3NaO5S. The second kappa shape index (κ2) is 11.1. The Labute approximate surface area is 218 Å². The molecule has 10 heteroatoms. The fourth-order valence-corrected chi connectivity index (χ4v) is 4.70. The van der Waals surface area contributed by atoms with E-state index in [0.29, 0.717) is 10.5 Å². The van der Waals surface area contributed by atoms with Crippen molar-refractivity contribution in [1.29, 1.82) is 0 Å². The number of carbonyl (C=O) groups is 4. The summed E-state index contributed by atoms with van der Waals surface area (Å²) < 4.78 is 0. The predicted molar refractivity (Wildman–Crippen MR) is 128 cm³/mol. The number of aliphatic carboxylic acids is 1. The van der Waals surface area contributed by atoms with E-state index in [1.54, 1.807) is 6.92 Å². The van der Waals surface area contributed by atoms with Gasteiger partial charge in [-0.15, -0.1) is 11.3 Å². The van der Waals surface area contributed by atoms with Crippen molar-refractivity contribution in [2.75, 3.05) is 7.05 Å². The van der Waals surface area contributed by atoms with Gasteiger partial charge in [0.15, 0.2) is 11.8 Å². The van der Waals surface area contributed by atoms with Gasteiger partial charge in [-0.1, -0.05) is 18.2 Å². The maximum atomic E-state index is 12.6. The number of hydrogen-bond acceptors (Lipinski definition) is 5. The first-order chi connectivity index (χ1) is 15.1. The summed E-state index contributed by atoms with van der Waals surface area (Å²) in [4.78, 5) is 50.6. The molecule has 2 heterocycles. The summed E-state index contributed by atoms with van der Waals surface area (Å²) in [5.74, 6) is -2.13. The van der Waals surface area contributed by atoms with Crippen LogP contribution in [-0.2, 0) is 14.4 Å². The number of aryl methyl sites for hydroxylation is 2. The van der Waals surface area contributed by atoms with Crippen LogP contribution in [0.2, 0.25) is 0 Å². The van der Waals surface area contributed by atoms with Crippen LogP contribution in [0.15, 0.2) is 41.4 Å². The number of amides is 3. The van der Waals surface area contributed by atoms with Gasteiger partial charge in [-0.25, -0.2) is 4.79 Å². The normalized spacial score (nSPS) is 16.5. The number of carboxylic acids is 1. The topological polar surface area (TPSA) is 116 Å². The Bertz CT molecular complexity index is 1110. The van der Waals surface area contributed by atoms with Crippen LogP contribution in [0.25, 0.3) is 11.1 Å². The molecule has 0 spiro atoms. The van der Waals surface area contributed by atoms with E-state index >= 15 is 0 Å². The van der Waals surface area contributed by atoms with Crippen molar-refractivity contribution in [3.8, 4) is 11.1 Å². The van der Waals surface area contributed by atoms with Crippen molar-refractivity contribution < 1.29 is 24.3 Å². The minimum absolute atomic E-state index is 0. The third kappa shape index (κ3) is 6.11. The first-order valence-electron chi connectivity index (χ1n) is 10.0. The number of benzene rings is 1. The van der Waals surface area contributed by atoms with E-state index in [1.165, 1.54) is 29.5 Å². The molecule has 2 atom stereocenters. The number of urea groups is 1. The Morgan fingerprint density at radius 2 is 1.82 bits per heavy atom. The van der Waals surface area contributed by atoms with E-state index in [9.17, 15) is 24.3 Å². The van der Waals surface area contributed by atoms with Crippen molar-refractivity contribution >= 4 is 64.6 Å². The van der Waals surface area contributed by atoms with Crippen LogP contribution >= 0.6 is 11.3 Å². The van der Waals surface area contributed by atoms with E-state index < -0.39 is 35.8 Å². The number of Topliss-reactive ketones (excluding diaryl/α,β-unsaturated/α-hetero) is 1. The van der Waals surface area contributed by atoms with Crippen LogP contribution in [0, 0.1) is 13.8 Å². The van der Waals surface area contributed by atoms with E-state index in [4.69, 9.17) is 0 Å². The van der Waals surface area contributed by atoms with Crippen LogP contribution in [0.5, 0.6) is 0 Å². The second-order valence-corrected chi connectivity index (χ2v) is 8.77. The summed E-state index contributed by atoms with van der Waals surface area (Å²) >= 11 is 1.34. The molecule has 0 bridgehead atoms. The van der Waals surface area contributed by atoms with Crippen LogP contribution < -0.4 is 10.6 Å². The van der Waals surface area contributed by atoms with Gasteiger partial charge in [0.25, 0.3) is 5.91 Å². The van der Waals surface area contributed by atoms with Crippen molar-refractivity contribution in [3.63, 3.8) is 0 Å². The Hall–Kier alpha value is -2.46. The number of likely N-dealkylation sites (N-methyl/N-ethyl adjacent to an activating group) is 1. The molecule has 0 saturated heterocycles. The van der Waals surface area contributed by atoms with Gasteiger partial charge >= 0.3 is 41.6 Å². The molecule has 2 aromatic rings. The van der Waals surface area contributed by atoms with Crippen LogP contribution in [-0.4, -0.2) is 76.3 Å². The van der Waals surface area contributed by atoms with Gasteiger partial charge in [0.2, 0.25) is 0 Å². The monoisotopic (exact) mass is 479 g/mol. The van der Waals surface area contributed by atoms with Gasteiger partial charge in [0.05, 0.1) is 12.5 Å². The van der Waals surface area contributed by atoms with Crippen molar-refractivity contribution in [2.24, 2.45) is 0 Å². The Balaban J connectivity index is 0.00000385. The number of carboxylic acid groups (broad SMARTS) is 1. The second-order valence-electron chi connectivity index (χ2n) is 7.83.